The zero-order valence-corrected chi connectivity index (χ0v) is 26.2. The SMILES string of the molecule is [C-]#[N+]/C(=C1\N=c2ccc(-c3nc(-c4cc(C#N)cc([N+]#[C-])c4)nc(-c4nc5c([N+]#[C-])ccc(F)c5o4)n3)c(C#N)c2=N1)c1c(F)c(F)c(C#N)c(F)c1F. The normalized spacial score (nSPS) is 12.2. The van der Waals surface area contributed by atoms with E-state index in [-0.39, 0.29) is 78.8 Å². The largest absolute Gasteiger partial charge is 0.432 e. The highest BCUT2D eigenvalue weighted by Gasteiger charge is 2.30. The summed E-state index contributed by atoms with van der Waals surface area (Å²) in [5.74, 6) is -10.9. The van der Waals surface area contributed by atoms with Crippen LogP contribution in [0.2, 0.25) is 0 Å². The molecule has 252 valence electrons. The van der Waals surface area contributed by atoms with Gasteiger partial charge in [-0.3, -0.25) is 0 Å². The molecule has 0 saturated heterocycles. The molecule has 54 heavy (non-hydrogen) atoms. The molecule has 2 aromatic heterocycles. The molecule has 13 nitrogen and oxygen atoms in total. The number of hydrogen-bond donors (Lipinski definition) is 0. The zero-order chi connectivity index (χ0) is 38.4. The van der Waals surface area contributed by atoms with Gasteiger partial charge in [0.15, 0.2) is 57.8 Å². The molecule has 0 unspecified atom stereocenters. The first-order chi connectivity index (χ1) is 26.0. The third-order valence-corrected chi connectivity index (χ3v) is 7.74. The van der Waals surface area contributed by atoms with Crippen molar-refractivity contribution in [2.75, 3.05) is 0 Å². The van der Waals surface area contributed by atoms with Gasteiger partial charge in [0, 0.05) is 16.7 Å². The fourth-order valence-corrected chi connectivity index (χ4v) is 5.33. The lowest BCUT2D eigenvalue weighted by molar-refractivity contribution is 0.446. The molecular weight excluding hydrogens is 711 g/mol. The van der Waals surface area contributed by atoms with Crippen LogP contribution >= 0.6 is 0 Å². The Morgan fingerprint density at radius 3 is 2.06 bits per heavy atom. The second-order valence-electron chi connectivity index (χ2n) is 10.8. The van der Waals surface area contributed by atoms with Gasteiger partial charge >= 0.3 is 0 Å². The second-order valence-corrected chi connectivity index (χ2v) is 10.8. The molecule has 0 amide bonds. The molecule has 0 radical (unpaired) electrons. The van der Waals surface area contributed by atoms with E-state index in [4.69, 9.17) is 29.4 Å². The van der Waals surface area contributed by atoms with Crippen LogP contribution in [-0.2, 0) is 0 Å². The fourth-order valence-electron chi connectivity index (χ4n) is 5.33. The van der Waals surface area contributed by atoms with Crippen molar-refractivity contribution in [2.45, 2.75) is 0 Å². The van der Waals surface area contributed by atoms with E-state index in [1.54, 1.807) is 0 Å². The van der Waals surface area contributed by atoms with E-state index in [1.807, 2.05) is 12.1 Å². The minimum Gasteiger partial charge on any atom is -0.432 e. The number of hydrogen-bond acceptors (Lipinski definition) is 10. The minimum absolute atomic E-state index is 0.0404. The number of rotatable bonds is 4. The van der Waals surface area contributed by atoms with Gasteiger partial charge in [0.1, 0.15) is 28.6 Å². The van der Waals surface area contributed by atoms with Gasteiger partial charge in [0.25, 0.3) is 5.89 Å². The van der Waals surface area contributed by atoms with E-state index < -0.39 is 51.7 Å². The first-order valence-electron chi connectivity index (χ1n) is 14.6. The lowest BCUT2D eigenvalue weighted by Crippen LogP contribution is -2.25. The van der Waals surface area contributed by atoms with Gasteiger partial charge in [-0.25, -0.2) is 66.4 Å². The predicted octanol–water partition coefficient (Wildman–Crippen LogP) is 6.92. The number of oxazole rings is 1. The molecule has 0 aliphatic carbocycles. The van der Waals surface area contributed by atoms with Crippen LogP contribution in [-0.4, -0.2) is 19.9 Å². The van der Waals surface area contributed by atoms with Gasteiger partial charge in [0.2, 0.25) is 17.2 Å². The number of aromatic nitrogens is 4. The molecule has 0 fully saturated rings. The molecule has 0 bridgehead atoms. The van der Waals surface area contributed by atoms with Gasteiger partial charge in [0.05, 0.1) is 42.3 Å². The average molecular weight is 719 g/mol. The maximum atomic E-state index is 15.0. The predicted molar refractivity (Wildman–Crippen MR) is 172 cm³/mol. The number of nitrogens with zero attached hydrogens (tertiary/aromatic N) is 12. The Balaban J connectivity index is 1.49. The summed E-state index contributed by atoms with van der Waals surface area (Å²) in [6, 6.07) is 13.6. The molecule has 4 aromatic carbocycles. The van der Waals surface area contributed by atoms with Crippen molar-refractivity contribution < 1.29 is 26.4 Å². The van der Waals surface area contributed by atoms with Crippen molar-refractivity contribution in [1.82, 2.24) is 19.9 Å². The zero-order valence-electron chi connectivity index (χ0n) is 26.2. The van der Waals surface area contributed by atoms with Gasteiger partial charge in [-0.15, -0.1) is 0 Å². The van der Waals surface area contributed by atoms with Crippen LogP contribution in [0.25, 0.3) is 65.8 Å². The van der Waals surface area contributed by atoms with Crippen molar-refractivity contribution in [3.63, 3.8) is 0 Å². The molecule has 6 aromatic rings. The lowest BCUT2D eigenvalue weighted by atomic mass is 10.1. The molecule has 1 aliphatic rings. The third-order valence-electron chi connectivity index (χ3n) is 7.74. The Kier molecular flexibility index (Phi) is 8.05. The van der Waals surface area contributed by atoms with Crippen LogP contribution in [0.4, 0.5) is 33.3 Å². The molecule has 18 heteroatoms. The summed E-state index contributed by atoms with van der Waals surface area (Å²) in [6.07, 6.45) is 0. The quantitative estimate of drug-likeness (QED) is 0.107. The Morgan fingerprint density at radius 2 is 1.41 bits per heavy atom. The number of halogens is 5. The van der Waals surface area contributed by atoms with Crippen LogP contribution in [0, 0.1) is 82.8 Å². The molecular formula is C36H7F5N12O. The Morgan fingerprint density at radius 1 is 0.704 bits per heavy atom. The van der Waals surface area contributed by atoms with E-state index >= 15 is 0 Å². The monoisotopic (exact) mass is 718 g/mol. The molecule has 0 N–H and O–H groups in total. The van der Waals surface area contributed by atoms with Crippen molar-refractivity contribution in [1.29, 1.82) is 15.8 Å². The van der Waals surface area contributed by atoms with Gasteiger partial charge in [-0.1, -0.05) is 6.07 Å². The summed E-state index contributed by atoms with van der Waals surface area (Å²) in [7, 11) is 0. The first-order valence-corrected chi connectivity index (χ1v) is 14.6. The van der Waals surface area contributed by atoms with Crippen molar-refractivity contribution in [3.05, 3.63) is 145 Å². The highest BCUT2D eigenvalue weighted by atomic mass is 19.2. The Labute approximate surface area is 297 Å². The highest BCUT2D eigenvalue weighted by molar-refractivity contribution is 5.89. The van der Waals surface area contributed by atoms with Crippen molar-refractivity contribution in [2.24, 2.45) is 9.98 Å². The lowest BCUT2D eigenvalue weighted by Gasteiger charge is -2.08. The third kappa shape index (κ3) is 5.26. The van der Waals surface area contributed by atoms with Gasteiger partial charge in [-0.2, -0.15) is 15.8 Å². The number of benzene rings is 4. The summed E-state index contributed by atoms with van der Waals surface area (Å²) < 4.78 is 79.3. The van der Waals surface area contributed by atoms with Crippen LogP contribution in [0.5, 0.6) is 0 Å². The van der Waals surface area contributed by atoms with Crippen LogP contribution < -0.4 is 10.7 Å². The second kappa shape index (κ2) is 12.9. The molecule has 3 heterocycles. The summed E-state index contributed by atoms with van der Waals surface area (Å²) in [6.45, 7) is 22.4. The standard InChI is InChI=1S/C36H7F5N12O/c1-45-16-9-14(11-42)8-15(10-16)32-51-33(53-35(52-32)36-50-29-21(46-2)7-5-20(37)31(29)54-36)17-4-6-22-28(18(17)12-43)49-34(48-22)30(47-3)23-26(40)24(38)19(13-44)25(39)27(23)41/h4-10H/b34-30+. The summed E-state index contributed by atoms with van der Waals surface area (Å²) in [5.41, 5.74) is -4.84. The molecule has 0 saturated carbocycles. The number of nitriles is 3. The first kappa shape index (κ1) is 33.8. The molecule has 0 spiro atoms. The summed E-state index contributed by atoms with van der Waals surface area (Å²) >= 11 is 0. The van der Waals surface area contributed by atoms with Gasteiger partial charge < -0.3 is 4.42 Å². The average Bonchev–Trinajstić information content (AvgIpc) is 3.84. The number of fused-ring (bicyclic) bond motifs is 2. The van der Waals surface area contributed by atoms with E-state index in [9.17, 15) is 32.5 Å². The smallest absolute Gasteiger partial charge is 0.264 e. The van der Waals surface area contributed by atoms with Crippen LogP contribution in [0.1, 0.15) is 22.3 Å². The van der Waals surface area contributed by atoms with Crippen LogP contribution in [0.3, 0.4) is 0 Å². The Bertz CT molecular complexity index is 3090. The van der Waals surface area contributed by atoms with Crippen molar-refractivity contribution >= 4 is 28.2 Å². The molecule has 7 rings (SSSR count). The summed E-state index contributed by atoms with van der Waals surface area (Å²) in [5, 5.41) is 28.5. The highest BCUT2D eigenvalue weighted by Crippen LogP contribution is 2.35. The van der Waals surface area contributed by atoms with E-state index in [1.165, 1.54) is 36.4 Å². The van der Waals surface area contributed by atoms with E-state index in [0.717, 1.165) is 12.1 Å². The fraction of sp³-hybridized carbons (Fsp3) is 0. The Hall–Kier alpha value is -8.71. The van der Waals surface area contributed by atoms with E-state index in [2.05, 4.69) is 44.5 Å². The van der Waals surface area contributed by atoms with Crippen molar-refractivity contribution in [3.8, 4) is 52.7 Å². The van der Waals surface area contributed by atoms with Gasteiger partial charge in [-0.05, 0) is 36.4 Å². The van der Waals surface area contributed by atoms with Crippen LogP contribution in [0.15, 0.2) is 62.7 Å². The van der Waals surface area contributed by atoms with E-state index in [0.29, 0.717) is 0 Å². The summed E-state index contributed by atoms with van der Waals surface area (Å²) in [4.78, 5) is 35.2. The molecule has 0 atom stereocenters. The topological polar surface area (TPSA) is 174 Å². The molecule has 1 aliphatic heterocycles. The maximum absolute atomic E-state index is 15.0. The minimum atomic E-state index is -2.04. The maximum Gasteiger partial charge on any atom is 0.264 e.